The van der Waals surface area contributed by atoms with E-state index in [1.54, 1.807) is 35.2 Å². The molecule has 0 spiro atoms. The van der Waals surface area contributed by atoms with Crippen LogP contribution in [0.3, 0.4) is 0 Å². The zero-order valence-electron chi connectivity index (χ0n) is 14.3. The van der Waals surface area contributed by atoms with E-state index < -0.39 is 0 Å². The number of anilines is 2. The first-order valence-corrected chi connectivity index (χ1v) is 9.22. The molecule has 1 heterocycles. The Bertz CT molecular complexity index is 811. The van der Waals surface area contributed by atoms with Crippen molar-refractivity contribution >= 4 is 35.0 Å². The number of amides is 2. The largest absolute Gasteiger partial charge is 0.494 e. The molecule has 1 saturated heterocycles. The van der Waals surface area contributed by atoms with Gasteiger partial charge in [0.05, 0.1) is 18.6 Å². The first kappa shape index (κ1) is 18.3. The number of methoxy groups -OCH3 is 1. The number of carbonyl (C=O) groups excluding carboxylic acids is 2. The van der Waals surface area contributed by atoms with Crippen molar-refractivity contribution in [2.75, 3.05) is 29.6 Å². The Morgan fingerprint density at radius 2 is 2.04 bits per heavy atom. The van der Waals surface area contributed by atoms with Gasteiger partial charge in [-0.05, 0) is 42.8 Å². The van der Waals surface area contributed by atoms with Crippen molar-refractivity contribution in [3.05, 3.63) is 48.3 Å². The molecule has 7 heteroatoms. The van der Waals surface area contributed by atoms with Crippen molar-refractivity contribution < 1.29 is 18.7 Å². The highest BCUT2D eigenvalue weighted by Crippen LogP contribution is 2.34. The van der Waals surface area contributed by atoms with E-state index in [1.165, 1.54) is 31.0 Å². The van der Waals surface area contributed by atoms with Crippen LogP contribution in [0.4, 0.5) is 15.8 Å². The predicted molar refractivity (Wildman–Crippen MR) is 100 cm³/mol. The van der Waals surface area contributed by atoms with Crippen LogP contribution < -0.4 is 15.0 Å². The third-order valence-electron chi connectivity index (χ3n) is 4.01. The van der Waals surface area contributed by atoms with Crippen molar-refractivity contribution in [2.24, 2.45) is 0 Å². The van der Waals surface area contributed by atoms with Gasteiger partial charge in [0.15, 0.2) is 0 Å². The second-order valence-corrected chi connectivity index (χ2v) is 6.88. The molecule has 0 unspecified atom stereocenters. The highest BCUT2D eigenvalue weighted by Gasteiger charge is 2.24. The van der Waals surface area contributed by atoms with Crippen molar-refractivity contribution in [2.45, 2.75) is 17.7 Å². The van der Waals surface area contributed by atoms with Gasteiger partial charge in [-0.3, -0.25) is 9.59 Å². The van der Waals surface area contributed by atoms with E-state index >= 15 is 0 Å². The molecule has 2 amide bonds. The monoisotopic (exact) mass is 374 g/mol. The highest BCUT2D eigenvalue weighted by molar-refractivity contribution is 8.00. The standard InChI is InChI=1S/C19H19FN2O3S/c1-25-17-11-14(6-9-16(17)22-10-2-3-19(22)24)21-18(23)12-26-15-7-4-13(20)5-8-15/h4-9,11H,2-3,10,12H2,1H3,(H,21,23). The van der Waals surface area contributed by atoms with Crippen LogP contribution in [0.2, 0.25) is 0 Å². The maximum atomic E-state index is 12.9. The van der Waals surface area contributed by atoms with Gasteiger partial charge in [0, 0.05) is 29.6 Å². The summed E-state index contributed by atoms with van der Waals surface area (Å²) >= 11 is 1.33. The molecule has 0 aromatic heterocycles. The van der Waals surface area contributed by atoms with Crippen molar-refractivity contribution in [1.82, 2.24) is 0 Å². The van der Waals surface area contributed by atoms with Gasteiger partial charge in [0.2, 0.25) is 11.8 Å². The summed E-state index contributed by atoms with van der Waals surface area (Å²) in [5.74, 6) is 0.356. The molecule has 0 saturated carbocycles. The fourth-order valence-electron chi connectivity index (χ4n) is 2.76. The number of carbonyl (C=O) groups is 2. The van der Waals surface area contributed by atoms with Crippen molar-refractivity contribution in [1.29, 1.82) is 0 Å². The zero-order chi connectivity index (χ0) is 18.5. The SMILES string of the molecule is COc1cc(NC(=O)CSc2ccc(F)cc2)ccc1N1CCCC1=O. The smallest absolute Gasteiger partial charge is 0.234 e. The fourth-order valence-corrected chi connectivity index (χ4v) is 3.46. The van der Waals surface area contributed by atoms with Crippen LogP contribution in [0.15, 0.2) is 47.4 Å². The molecule has 5 nitrogen and oxygen atoms in total. The number of hydrogen-bond acceptors (Lipinski definition) is 4. The second-order valence-electron chi connectivity index (χ2n) is 5.83. The molecule has 26 heavy (non-hydrogen) atoms. The maximum Gasteiger partial charge on any atom is 0.234 e. The summed E-state index contributed by atoms with van der Waals surface area (Å²) < 4.78 is 18.3. The molecule has 0 radical (unpaired) electrons. The molecule has 136 valence electrons. The molecule has 0 aliphatic carbocycles. The predicted octanol–water partition coefficient (Wildman–Crippen LogP) is 3.69. The third-order valence-corrected chi connectivity index (χ3v) is 5.02. The Hall–Kier alpha value is -2.54. The van der Waals surface area contributed by atoms with Gasteiger partial charge in [0.25, 0.3) is 0 Å². The quantitative estimate of drug-likeness (QED) is 0.784. The van der Waals surface area contributed by atoms with E-state index in [2.05, 4.69) is 5.32 Å². The van der Waals surface area contributed by atoms with Gasteiger partial charge < -0.3 is 15.0 Å². The average molecular weight is 374 g/mol. The minimum absolute atomic E-state index is 0.0794. The number of nitrogens with one attached hydrogen (secondary N) is 1. The van der Waals surface area contributed by atoms with E-state index in [4.69, 9.17) is 4.74 Å². The number of benzene rings is 2. The Kier molecular flexibility index (Phi) is 5.78. The van der Waals surface area contributed by atoms with Crippen LogP contribution >= 0.6 is 11.8 Å². The molecular formula is C19H19FN2O3S. The zero-order valence-corrected chi connectivity index (χ0v) is 15.1. The van der Waals surface area contributed by atoms with E-state index in [-0.39, 0.29) is 23.4 Å². The van der Waals surface area contributed by atoms with Crippen LogP contribution in [0.1, 0.15) is 12.8 Å². The first-order chi connectivity index (χ1) is 12.6. The van der Waals surface area contributed by atoms with Crippen molar-refractivity contribution in [3.8, 4) is 5.75 Å². The fraction of sp³-hybridized carbons (Fsp3) is 0.263. The molecule has 1 fully saturated rings. The number of nitrogens with zero attached hydrogens (tertiary/aromatic N) is 1. The molecule has 2 aromatic rings. The van der Waals surface area contributed by atoms with Crippen LogP contribution in [-0.4, -0.2) is 31.2 Å². The Balaban J connectivity index is 1.63. The normalized spacial score (nSPS) is 13.8. The lowest BCUT2D eigenvalue weighted by atomic mass is 10.2. The van der Waals surface area contributed by atoms with Gasteiger partial charge in [-0.25, -0.2) is 4.39 Å². The van der Waals surface area contributed by atoms with Gasteiger partial charge >= 0.3 is 0 Å². The van der Waals surface area contributed by atoms with Crippen LogP contribution in [0.25, 0.3) is 0 Å². The number of halogens is 1. The second kappa shape index (κ2) is 8.23. The maximum absolute atomic E-state index is 12.9. The summed E-state index contributed by atoms with van der Waals surface area (Å²) in [6.45, 7) is 0.676. The first-order valence-electron chi connectivity index (χ1n) is 8.23. The Morgan fingerprint density at radius 3 is 2.69 bits per heavy atom. The lowest BCUT2D eigenvalue weighted by Crippen LogP contribution is -2.24. The van der Waals surface area contributed by atoms with Gasteiger partial charge in [-0.15, -0.1) is 11.8 Å². The summed E-state index contributed by atoms with van der Waals surface area (Å²) in [5.41, 5.74) is 1.32. The molecule has 0 bridgehead atoms. The van der Waals surface area contributed by atoms with Crippen LogP contribution in [0, 0.1) is 5.82 Å². The molecule has 3 rings (SSSR count). The molecular weight excluding hydrogens is 355 g/mol. The van der Waals surface area contributed by atoms with E-state index in [0.29, 0.717) is 30.1 Å². The lowest BCUT2D eigenvalue weighted by Gasteiger charge is -2.19. The summed E-state index contributed by atoms with van der Waals surface area (Å²) in [4.78, 5) is 26.6. The molecule has 0 atom stereocenters. The summed E-state index contributed by atoms with van der Waals surface area (Å²) in [5, 5.41) is 2.81. The number of thioether (sulfide) groups is 1. The van der Waals surface area contributed by atoms with Gasteiger partial charge in [0.1, 0.15) is 11.6 Å². The number of rotatable bonds is 6. The van der Waals surface area contributed by atoms with Crippen LogP contribution in [0.5, 0.6) is 5.75 Å². The van der Waals surface area contributed by atoms with Gasteiger partial charge in [-0.1, -0.05) is 0 Å². The number of hydrogen-bond donors (Lipinski definition) is 1. The number of ether oxygens (including phenoxy) is 1. The Morgan fingerprint density at radius 1 is 1.27 bits per heavy atom. The minimum Gasteiger partial charge on any atom is -0.494 e. The minimum atomic E-state index is -0.303. The highest BCUT2D eigenvalue weighted by atomic mass is 32.2. The summed E-state index contributed by atoms with van der Waals surface area (Å²) in [7, 11) is 1.54. The van der Waals surface area contributed by atoms with Crippen LogP contribution in [-0.2, 0) is 9.59 Å². The van der Waals surface area contributed by atoms with E-state index in [0.717, 1.165) is 11.3 Å². The third kappa shape index (κ3) is 4.35. The molecule has 1 aliphatic heterocycles. The lowest BCUT2D eigenvalue weighted by molar-refractivity contribution is -0.117. The summed E-state index contributed by atoms with van der Waals surface area (Å²) in [6.07, 6.45) is 1.38. The van der Waals surface area contributed by atoms with Crippen molar-refractivity contribution in [3.63, 3.8) is 0 Å². The average Bonchev–Trinajstić information content (AvgIpc) is 3.07. The molecule has 1 N–H and O–H groups in total. The molecule has 2 aromatic carbocycles. The van der Waals surface area contributed by atoms with E-state index in [9.17, 15) is 14.0 Å². The summed E-state index contributed by atoms with van der Waals surface area (Å²) in [6, 6.07) is 11.2. The topological polar surface area (TPSA) is 58.6 Å². The van der Waals surface area contributed by atoms with Gasteiger partial charge in [-0.2, -0.15) is 0 Å². The van der Waals surface area contributed by atoms with E-state index in [1.807, 2.05) is 0 Å². The molecule has 1 aliphatic rings. The Labute approximate surface area is 155 Å².